The summed E-state index contributed by atoms with van der Waals surface area (Å²) in [5.74, 6) is 2.54. The Bertz CT molecular complexity index is 936. The fraction of sp³-hybridized carbons (Fsp3) is 0.455. The monoisotopic (exact) mass is 380 g/mol. The second kappa shape index (κ2) is 6.40. The summed E-state index contributed by atoms with van der Waals surface area (Å²) in [5.41, 5.74) is -0.0962. The zero-order valence-corrected chi connectivity index (χ0v) is 15.9. The maximum absolute atomic E-state index is 12.8. The largest absolute Gasteiger partial charge is 0.467 e. The normalized spacial score (nSPS) is 30.5. The number of fused-ring (bicyclic) bond motifs is 3. The van der Waals surface area contributed by atoms with Gasteiger partial charge in [-0.25, -0.2) is 0 Å². The van der Waals surface area contributed by atoms with Crippen LogP contribution < -0.4 is 15.4 Å². The fourth-order valence-corrected chi connectivity index (χ4v) is 5.17. The number of hydrogen-bond acceptors (Lipinski definition) is 4. The highest BCUT2D eigenvalue weighted by Gasteiger charge is 2.57. The summed E-state index contributed by atoms with van der Waals surface area (Å²) >= 11 is 0. The van der Waals surface area contributed by atoms with Crippen molar-refractivity contribution in [3.8, 4) is 5.75 Å². The van der Waals surface area contributed by atoms with Crippen LogP contribution in [0.3, 0.4) is 0 Å². The third kappa shape index (κ3) is 2.79. The average molecular weight is 380 g/mol. The first kappa shape index (κ1) is 17.3. The van der Waals surface area contributed by atoms with Crippen LogP contribution in [0.25, 0.3) is 0 Å². The number of carbonyl (C=O) groups is 2. The second-order valence-corrected chi connectivity index (χ2v) is 8.25. The van der Waals surface area contributed by atoms with Crippen molar-refractivity contribution in [3.63, 3.8) is 0 Å². The third-order valence-corrected chi connectivity index (χ3v) is 6.54. The number of nitrogens with one attached hydrogen (secondary N) is 2. The zero-order chi connectivity index (χ0) is 19.3. The predicted molar refractivity (Wildman–Crippen MR) is 101 cm³/mol. The Hall–Kier alpha value is -2.76. The number of furan rings is 1. The number of hydrogen-bond donors (Lipinski definition) is 2. The molecule has 2 heterocycles. The van der Waals surface area contributed by atoms with E-state index < -0.39 is 5.72 Å². The Kier molecular flexibility index (Phi) is 3.96. The number of amides is 2. The van der Waals surface area contributed by atoms with Crippen LogP contribution in [0.1, 0.15) is 47.6 Å². The van der Waals surface area contributed by atoms with Gasteiger partial charge in [0.1, 0.15) is 17.3 Å². The lowest BCUT2D eigenvalue weighted by Crippen LogP contribution is -2.66. The van der Waals surface area contributed by atoms with Crippen LogP contribution in [0.4, 0.5) is 0 Å². The Labute approximate surface area is 163 Å². The van der Waals surface area contributed by atoms with Crippen molar-refractivity contribution in [2.75, 3.05) is 0 Å². The lowest BCUT2D eigenvalue weighted by Gasteiger charge is -2.55. The summed E-state index contributed by atoms with van der Waals surface area (Å²) in [6.07, 6.45) is 3.37. The minimum atomic E-state index is -0.677. The molecule has 2 amide bonds. The van der Waals surface area contributed by atoms with Crippen molar-refractivity contribution in [3.05, 3.63) is 53.5 Å². The van der Waals surface area contributed by atoms with E-state index in [4.69, 9.17) is 9.15 Å². The van der Waals surface area contributed by atoms with Crippen LogP contribution in [0, 0.1) is 24.7 Å². The van der Waals surface area contributed by atoms with Gasteiger partial charge in [0.15, 0.2) is 5.72 Å². The lowest BCUT2D eigenvalue weighted by molar-refractivity contribution is -0.146. The summed E-state index contributed by atoms with van der Waals surface area (Å²) < 4.78 is 11.9. The standard InChI is InChI=1S/C22H24N2O4/c1-13-6-9-16(27-13)12-23-20(25)18-10-15-8-7-14(18)11-22(15)24-21(26)17-4-2-3-5-19(17)28-22/h2-6,9,14-15,18H,7-8,10-12H2,1H3,(H,23,25)(H,24,26)/t14-,15+,18+,22+/m1/s1. The molecule has 0 unspecified atom stereocenters. The van der Waals surface area contributed by atoms with Crippen molar-refractivity contribution in [2.24, 2.45) is 17.8 Å². The molecule has 0 radical (unpaired) electrons. The second-order valence-electron chi connectivity index (χ2n) is 8.25. The van der Waals surface area contributed by atoms with Gasteiger partial charge in [0, 0.05) is 18.3 Å². The van der Waals surface area contributed by atoms with E-state index >= 15 is 0 Å². The molecule has 1 aliphatic heterocycles. The Morgan fingerprint density at radius 3 is 2.86 bits per heavy atom. The van der Waals surface area contributed by atoms with E-state index in [-0.39, 0.29) is 29.6 Å². The van der Waals surface area contributed by atoms with Crippen LogP contribution >= 0.6 is 0 Å². The van der Waals surface area contributed by atoms with Crippen molar-refractivity contribution in [1.29, 1.82) is 0 Å². The first-order valence-corrected chi connectivity index (χ1v) is 9.98. The molecular formula is C22H24N2O4. The van der Waals surface area contributed by atoms with Gasteiger partial charge in [-0.05, 0) is 56.4 Å². The molecular weight excluding hydrogens is 356 g/mol. The molecule has 0 saturated heterocycles. The van der Waals surface area contributed by atoms with E-state index in [0.717, 1.165) is 30.8 Å². The van der Waals surface area contributed by atoms with Gasteiger partial charge in [0.25, 0.3) is 5.91 Å². The minimum absolute atomic E-state index is 0.0434. The molecule has 4 atom stereocenters. The molecule has 6 heteroatoms. The van der Waals surface area contributed by atoms with E-state index in [1.807, 2.05) is 37.3 Å². The molecule has 2 aromatic rings. The molecule has 2 bridgehead atoms. The molecule has 3 fully saturated rings. The van der Waals surface area contributed by atoms with Crippen molar-refractivity contribution >= 4 is 11.8 Å². The van der Waals surface area contributed by atoms with Gasteiger partial charge >= 0.3 is 0 Å². The summed E-state index contributed by atoms with van der Waals surface area (Å²) in [4.78, 5) is 25.5. The van der Waals surface area contributed by atoms with Gasteiger partial charge in [0.2, 0.25) is 5.91 Å². The van der Waals surface area contributed by atoms with Crippen molar-refractivity contribution in [1.82, 2.24) is 10.6 Å². The van der Waals surface area contributed by atoms with E-state index in [0.29, 0.717) is 24.3 Å². The molecule has 6 rings (SSSR count). The summed E-state index contributed by atoms with van der Waals surface area (Å²) in [6, 6.07) is 11.2. The smallest absolute Gasteiger partial charge is 0.258 e. The van der Waals surface area contributed by atoms with E-state index in [1.54, 1.807) is 6.07 Å². The highest BCUT2D eigenvalue weighted by molar-refractivity contribution is 5.98. The third-order valence-electron chi connectivity index (χ3n) is 6.54. The summed E-state index contributed by atoms with van der Waals surface area (Å²) in [7, 11) is 0. The Morgan fingerprint density at radius 2 is 2.11 bits per heavy atom. The molecule has 1 spiro atoms. The van der Waals surface area contributed by atoms with Crippen LogP contribution in [0.5, 0.6) is 5.75 Å². The van der Waals surface area contributed by atoms with Gasteiger partial charge in [-0.1, -0.05) is 12.1 Å². The first-order valence-electron chi connectivity index (χ1n) is 9.98. The highest BCUT2D eigenvalue weighted by atomic mass is 16.5. The molecule has 146 valence electrons. The minimum Gasteiger partial charge on any atom is -0.467 e. The zero-order valence-electron chi connectivity index (χ0n) is 15.9. The van der Waals surface area contributed by atoms with E-state index in [1.165, 1.54) is 0 Å². The maximum atomic E-state index is 12.8. The van der Waals surface area contributed by atoms with Crippen LogP contribution in [-0.4, -0.2) is 17.5 Å². The molecule has 28 heavy (non-hydrogen) atoms. The summed E-state index contributed by atoms with van der Waals surface area (Å²) in [6.45, 7) is 2.30. The van der Waals surface area contributed by atoms with Crippen molar-refractivity contribution < 1.29 is 18.7 Å². The Balaban J connectivity index is 1.30. The Morgan fingerprint density at radius 1 is 1.25 bits per heavy atom. The summed E-state index contributed by atoms with van der Waals surface area (Å²) in [5, 5.41) is 6.15. The SMILES string of the molecule is Cc1ccc(CNC(=O)[C@H]2C[C@@H]3CC[C@@H]2C[C@@]32NC(=O)c3ccccc3O2)o1. The lowest BCUT2D eigenvalue weighted by atomic mass is 9.60. The molecule has 1 aromatic heterocycles. The number of benzene rings is 1. The average Bonchev–Trinajstić information content (AvgIpc) is 3.11. The molecule has 3 saturated carbocycles. The van der Waals surface area contributed by atoms with Crippen molar-refractivity contribution in [2.45, 2.75) is 44.9 Å². The van der Waals surface area contributed by atoms with Gasteiger partial charge in [-0.2, -0.15) is 0 Å². The molecule has 1 aromatic carbocycles. The molecule has 6 nitrogen and oxygen atoms in total. The van der Waals surface area contributed by atoms with E-state index in [9.17, 15) is 9.59 Å². The van der Waals surface area contributed by atoms with Crippen LogP contribution in [0.2, 0.25) is 0 Å². The molecule has 3 aliphatic carbocycles. The predicted octanol–water partition coefficient (Wildman–Crippen LogP) is 3.16. The number of rotatable bonds is 3. The van der Waals surface area contributed by atoms with Gasteiger partial charge in [-0.3, -0.25) is 9.59 Å². The number of para-hydroxylation sites is 1. The number of ether oxygens (including phenoxy) is 1. The van der Waals surface area contributed by atoms with Gasteiger partial charge in [-0.15, -0.1) is 0 Å². The topological polar surface area (TPSA) is 80.6 Å². The quantitative estimate of drug-likeness (QED) is 0.857. The van der Waals surface area contributed by atoms with E-state index in [2.05, 4.69) is 10.6 Å². The molecule has 2 N–H and O–H groups in total. The number of carbonyl (C=O) groups excluding carboxylic acids is 2. The van der Waals surface area contributed by atoms with Gasteiger partial charge < -0.3 is 19.8 Å². The highest BCUT2D eigenvalue weighted by Crippen LogP contribution is 2.52. The fourth-order valence-electron chi connectivity index (χ4n) is 5.17. The molecule has 4 aliphatic rings. The van der Waals surface area contributed by atoms with Crippen LogP contribution in [0.15, 0.2) is 40.8 Å². The van der Waals surface area contributed by atoms with Gasteiger partial charge in [0.05, 0.1) is 12.1 Å². The number of aryl methyl sites for hydroxylation is 1. The van der Waals surface area contributed by atoms with Crippen LogP contribution in [-0.2, 0) is 11.3 Å². The first-order chi connectivity index (χ1) is 13.5. The maximum Gasteiger partial charge on any atom is 0.258 e.